The van der Waals surface area contributed by atoms with Crippen molar-refractivity contribution < 1.29 is 19.6 Å². The van der Waals surface area contributed by atoms with Gasteiger partial charge in [-0.05, 0) is 24.3 Å². The van der Waals surface area contributed by atoms with Gasteiger partial charge >= 0.3 is 5.97 Å². The van der Waals surface area contributed by atoms with E-state index >= 15 is 0 Å². The summed E-state index contributed by atoms with van der Waals surface area (Å²) in [6.45, 7) is 2.10. The molecule has 2 fully saturated rings. The Morgan fingerprint density at radius 1 is 0.973 bits per heavy atom. The predicted molar refractivity (Wildman–Crippen MR) is 138 cm³/mol. The highest BCUT2D eigenvalue weighted by molar-refractivity contribution is 5.94. The summed E-state index contributed by atoms with van der Waals surface area (Å²) in [6.07, 6.45) is 3.85. The molecule has 1 N–H and O–H groups in total. The molecule has 1 aliphatic carbocycles. The first-order valence-corrected chi connectivity index (χ1v) is 12.6. The normalized spacial score (nSPS) is 17.2. The average Bonchev–Trinajstić information content (AvgIpc) is 3.35. The standard InChI is InChI=1S/C27H29N5O5/c33-23(17-27(18-24(34)35)10-4-5-11-27)30-12-14-31(15-13-30)26-28-22-9-8-20(32(36)37)16-21(22)25(29-26)19-6-2-1-3-7-19/h1-3,6-9,16H,4-5,10-15,17-18H2,(H,34,35). The minimum absolute atomic E-state index is 0.0134. The Labute approximate surface area is 214 Å². The molecule has 3 aromatic rings. The Hall–Kier alpha value is -4.08. The summed E-state index contributed by atoms with van der Waals surface area (Å²) in [4.78, 5) is 48.8. The first kappa shape index (κ1) is 24.6. The van der Waals surface area contributed by atoms with E-state index in [9.17, 15) is 24.8 Å². The zero-order valence-corrected chi connectivity index (χ0v) is 20.5. The number of fused-ring (bicyclic) bond motifs is 1. The molecule has 2 heterocycles. The van der Waals surface area contributed by atoms with Gasteiger partial charge in [-0.15, -0.1) is 0 Å². The number of carboxylic acids is 1. The van der Waals surface area contributed by atoms with Gasteiger partial charge in [0.1, 0.15) is 0 Å². The van der Waals surface area contributed by atoms with E-state index < -0.39 is 16.3 Å². The molecule has 1 saturated heterocycles. The number of nitro benzene ring substituents is 1. The molecule has 1 aromatic heterocycles. The highest BCUT2D eigenvalue weighted by atomic mass is 16.6. The lowest BCUT2D eigenvalue weighted by Crippen LogP contribution is -2.50. The third-order valence-corrected chi connectivity index (χ3v) is 7.56. The van der Waals surface area contributed by atoms with Crippen molar-refractivity contribution in [3.8, 4) is 11.3 Å². The highest BCUT2D eigenvalue weighted by Crippen LogP contribution is 2.44. The summed E-state index contributed by atoms with van der Waals surface area (Å²) in [5.41, 5.74) is 1.64. The second kappa shape index (κ2) is 10.1. The number of non-ortho nitro benzene ring substituents is 1. The zero-order chi connectivity index (χ0) is 26.0. The summed E-state index contributed by atoms with van der Waals surface area (Å²) < 4.78 is 0. The lowest BCUT2D eigenvalue weighted by molar-refractivity contribution is -0.384. The lowest BCUT2D eigenvalue weighted by Gasteiger charge is -2.37. The van der Waals surface area contributed by atoms with Gasteiger partial charge in [0.2, 0.25) is 11.9 Å². The van der Waals surface area contributed by atoms with E-state index in [0.717, 1.165) is 31.2 Å². The molecule has 1 amide bonds. The van der Waals surface area contributed by atoms with Gasteiger partial charge in [0, 0.05) is 55.7 Å². The SMILES string of the molecule is O=C(O)CC1(CC(=O)N2CCN(c3nc(-c4ccccc4)c4cc([N+](=O)[O-])ccc4n3)CC2)CCCC1. The van der Waals surface area contributed by atoms with E-state index in [4.69, 9.17) is 9.97 Å². The number of amides is 1. The number of aromatic nitrogens is 2. The third-order valence-electron chi connectivity index (χ3n) is 7.56. The van der Waals surface area contributed by atoms with Crippen LogP contribution in [0.1, 0.15) is 38.5 Å². The first-order chi connectivity index (χ1) is 17.8. The predicted octanol–water partition coefficient (Wildman–Crippen LogP) is 4.28. The van der Waals surface area contributed by atoms with Gasteiger partial charge in [0.05, 0.1) is 22.6 Å². The molecule has 10 heteroatoms. The lowest BCUT2D eigenvalue weighted by atomic mass is 9.79. The van der Waals surface area contributed by atoms with Crippen molar-refractivity contribution in [1.29, 1.82) is 0 Å². The number of benzene rings is 2. The second-order valence-corrected chi connectivity index (χ2v) is 10.0. The molecule has 192 valence electrons. The van der Waals surface area contributed by atoms with E-state index in [2.05, 4.69) is 0 Å². The van der Waals surface area contributed by atoms with Crippen LogP contribution in [0.5, 0.6) is 0 Å². The van der Waals surface area contributed by atoms with Crippen molar-refractivity contribution in [1.82, 2.24) is 14.9 Å². The molecule has 10 nitrogen and oxygen atoms in total. The number of carbonyl (C=O) groups is 2. The van der Waals surface area contributed by atoms with Crippen molar-refractivity contribution in [3.05, 3.63) is 58.6 Å². The number of nitro groups is 1. The van der Waals surface area contributed by atoms with Gasteiger partial charge in [0.25, 0.3) is 5.69 Å². The van der Waals surface area contributed by atoms with Gasteiger partial charge in [-0.25, -0.2) is 9.97 Å². The smallest absolute Gasteiger partial charge is 0.303 e. The number of rotatable bonds is 7. The molecule has 2 aliphatic rings. The minimum atomic E-state index is -0.840. The Bertz CT molecular complexity index is 1330. The van der Waals surface area contributed by atoms with Crippen LogP contribution in [0.15, 0.2) is 48.5 Å². The molecule has 0 spiro atoms. The Balaban J connectivity index is 1.36. The number of aliphatic carboxylic acids is 1. The largest absolute Gasteiger partial charge is 0.481 e. The van der Waals surface area contributed by atoms with Crippen molar-refractivity contribution >= 4 is 34.4 Å². The van der Waals surface area contributed by atoms with Gasteiger partial charge in [-0.2, -0.15) is 0 Å². The topological polar surface area (TPSA) is 130 Å². The molecule has 2 aromatic carbocycles. The van der Waals surface area contributed by atoms with E-state index in [1.807, 2.05) is 40.1 Å². The maximum atomic E-state index is 13.1. The zero-order valence-electron chi connectivity index (χ0n) is 20.5. The van der Waals surface area contributed by atoms with Crippen LogP contribution in [0.3, 0.4) is 0 Å². The van der Waals surface area contributed by atoms with Gasteiger partial charge in [-0.3, -0.25) is 19.7 Å². The maximum absolute atomic E-state index is 13.1. The molecule has 1 aliphatic heterocycles. The van der Waals surface area contributed by atoms with Gasteiger partial charge in [-0.1, -0.05) is 43.2 Å². The van der Waals surface area contributed by atoms with E-state index in [1.54, 1.807) is 6.07 Å². The number of nitrogens with zero attached hydrogens (tertiary/aromatic N) is 5. The van der Waals surface area contributed by atoms with Crippen molar-refractivity contribution in [2.24, 2.45) is 5.41 Å². The summed E-state index contributed by atoms with van der Waals surface area (Å²) in [5.74, 6) is -0.308. The number of anilines is 1. The summed E-state index contributed by atoms with van der Waals surface area (Å²) in [5, 5.41) is 21.3. The van der Waals surface area contributed by atoms with Crippen LogP contribution in [0.2, 0.25) is 0 Å². The average molecular weight is 504 g/mol. The number of hydrogen-bond donors (Lipinski definition) is 1. The number of carboxylic acid groups (broad SMARTS) is 1. The Morgan fingerprint density at radius 3 is 2.32 bits per heavy atom. The molecule has 0 unspecified atom stereocenters. The molecule has 5 rings (SSSR count). The Kier molecular flexibility index (Phi) is 6.73. The van der Waals surface area contributed by atoms with E-state index in [0.29, 0.717) is 48.7 Å². The van der Waals surface area contributed by atoms with E-state index in [1.165, 1.54) is 12.1 Å². The van der Waals surface area contributed by atoms with Crippen LogP contribution in [-0.4, -0.2) is 63.0 Å². The fraction of sp³-hybridized carbons (Fsp3) is 0.407. The summed E-state index contributed by atoms with van der Waals surface area (Å²) >= 11 is 0. The Morgan fingerprint density at radius 2 is 1.68 bits per heavy atom. The van der Waals surface area contributed by atoms with Crippen molar-refractivity contribution in [2.75, 3.05) is 31.1 Å². The molecular formula is C27H29N5O5. The van der Waals surface area contributed by atoms with Crippen LogP contribution >= 0.6 is 0 Å². The molecule has 0 atom stereocenters. The fourth-order valence-corrected chi connectivity index (χ4v) is 5.63. The first-order valence-electron chi connectivity index (χ1n) is 12.6. The summed E-state index contributed by atoms with van der Waals surface area (Å²) in [7, 11) is 0. The van der Waals surface area contributed by atoms with Crippen molar-refractivity contribution in [3.63, 3.8) is 0 Å². The fourth-order valence-electron chi connectivity index (χ4n) is 5.63. The van der Waals surface area contributed by atoms with Crippen LogP contribution in [-0.2, 0) is 9.59 Å². The van der Waals surface area contributed by atoms with E-state index in [-0.39, 0.29) is 24.4 Å². The molecular weight excluding hydrogens is 474 g/mol. The van der Waals surface area contributed by atoms with Gasteiger partial charge < -0.3 is 14.9 Å². The maximum Gasteiger partial charge on any atom is 0.303 e. The van der Waals surface area contributed by atoms with Crippen LogP contribution in [0.4, 0.5) is 11.6 Å². The minimum Gasteiger partial charge on any atom is -0.481 e. The second-order valence-electron chi connectivity index (χ2n) is 10.0. The highest BCUT2D eigenvalue weighted by Gasteiger charge is 2.39. The monoisotopic (exact) mass is 503 g/mol. The van der Waals surface area contributed by atoms with Gasteiger partial charge in [0.15, 0.2) is 0 Å². The van der Waals surface area contributed by atoms with Crippen LogP contribution < -0.4 is 4.90 Å². The third kappa shape index (κ3) is 5.23. The molecule has 1 saturated carbocycles. The number of piperazine rings is 1. The molecule has 0 bridgehead atoms. The van der Waals surface area contributed by atoms with Crippen LogP contribution in [0.25, 0.3) is 22.2 Å². The van der Waals surface area contributed by atoms with Crippen LogP contribution in [0, 0.1) is 15.5 Å². The molecule has 37 heavy (non-hydrogen) atoms. The number of carbonyl (C=O) groups excluding carboxylic acids is 1. The number of hydrogen-bond acceptors (Lipinski definition) is 7. The molecule has 0 radical (unpaired) electrons. The van der Waals surface area contributed by atoms with Crippen molar-refractivity contribution in [2.45, 2.75) is 38.5 Å². The summed E-state index contributed by atoms with van der Waals surface area (Å²) in [6, 6.07) is 14.1. The quantitative estimate of drug-likeness (QED) is 0.374.